The maximum atomic E-state index is 13.5. The first-order valence-electron chi connectivity index (χ1n) is 6.08. The smallest absolute Gasteiger partial charge is 0.129 e. The molecule has 0 saturated carbocycles. The number of aliphatic hydroxyl groups excluding tert-OH is 1. The number of hydrogen-bond acceptors (Lipinski definition) is 3. The second-order valence-electron chi connectivity index (χ2n) is 4.36. The second kappa shape index (κ2) is 6.53. The van der Waals surface area contributed by atoms with Crippen molar-refractivity contribution < 1.29 is 13.9 Å². The Kier molecular flexibility index (Phi) is 4.73. The molecule has 0 bridgehead atoms. The Balaban J connectivity index is 2.15. The predicted molar refractivity (Wildman–Crippen MR) is 76.0 cm³/mol. The van der Waals surface area contributed by atoms with E-state index in [1.54, 1.807) is 6.07 Å². The Morgan fingerprint density at radius 2 is 2.00 bits per heavy atom. The van der Waals surface area contributed by atoms with Crippen molar-refractivity contribution in [1.82, 2.24) is 0 Å². The Hall–Kier alpha value is -2.16. The number of nitrogens with zero attached hydrogens (tertiary/aromatic N) is 1. The first-order chi connectivity index (χ1) is 10.0. The minimum absolute atomic E-state index is 0.0879. The fourth-order valence-corrected chi connectivity index (χ4v) is 2.02. The third-order valence-corrected chi connectivity index (χ3v) is 3.14. The van der Waals surface area contributed by atoms with E-state index in [0.717, 1.165) is 18.2 Å². The summed E-state index contributed by atoms with van der Waals surface area (Å²) in [4.78, 5) is 0. The average molecular weight is 309 g/mol. The zero-order chi connectivity index (χ0) is 15.4. The highest BCUT2D eigenvalue weighted by molar-refractivity contribution is 6.30. The molecule has 0 aromatic heterocycles. The van der Waals surface area contributed by atoms with Crippen molar-refractivity contribution in [1.29, 1.82) is 5.26 Å². The van der Waals surface area contributed by atoms with Crippen LogP contribution in [0.25, 0.3) is 0 Å². The molecule has 0 fully saturated rings. The van der Waals surface area contributed by atoms with E-state index in [4.69, 9.17) is 16.9 Å². The van der Waals surface area contributed by atoms with Gasteiger partial charge in [-0.1, -0.05) is 11.6 Å². The van der Waals surface area contributed by atoms with E-state index in [1.807, 2.05) is 6.07 Å². The molecule has 2 N–H and O–H groups in total. The van der Waals surface area contributed by atoms with Crippen LogP contribution < -0.4 is 5.32 Å². The van der Waals surface area contributed by atoms with E-state index in [9.17, 15) is 13.9 Å². The highest BCUT2D eigenvalue weighted by Crippen LogP contribution is 2.23. The molecule has 0 saturated heterocycles. The van der Waals surface area contributed by atoms with Crippen molar-refractivity contribution in [2.75, 3.05) is 11.9 Å². The molecule has 0 aliphatic rings. The van der Waals surface area contributed by atoms with Crippen LogP contribution in [0.5, 0.6) is 0 Å². The molecular weight excluding hydrogens is 298 g/mol. The fourth-order valence-electron chi connectivity index (χ4n) is 1.85. The van der Waals surface area contributed by atoms with Crippen LogP contribution in [0, 0.1) is 23.0 Å². The Morgan fingerprint density at radius 1 is 1.24 bits per heavy atom. The molecule has 3 nitrogen and oxygen atoms in total. The topological polar surface area (TPSA) is 56.0 Å². The Labute approximate surface area is 125 Å². The van der Waals surface area contributed by atoms with E-state index in [1.165, 1.54) is 12.1 Å². The molecule has 0 heterocycles. The lowest BCUT2D eigenvalue weighted by Crippen LogP contribution is -2.14. The fraction of sp³-hybridized carbons (Fsp3) is 0.133. The molecule has 2 rings (SSSR count). The van der Waals surface area contributed by atoms with Crippen molar-refractivity contribution in [3.05, 3.63) is 64.2 Å². The van der Waals surface area contributed by atoms with Gasteiger partial charge in [0.2, 0.25) is 0 Å². The summed E-state index contributed by atoms with van der Waals surface area (Å²) in [5, 5.41) is 22.1. The van der Waals surface area contributed by atoms with E-state index >= 15 is 0 Å². The number of aliphatic hydroxyl groups is 1. The van der Waals surface area contributed by atoms with Gasteiger partial charge in [0.1, 0.15) is 17.7 Å². The van der Waals surface area contributed by atoms with Crippen LogP contribution in [0.1, 0.15) is 17.2 Å². The SMILES string of the molecule is N#Cc1ccc(Cl)cc1NCC(O)c1cc(F)ccc1F. The lowest BCUT2D eigenvalue weighted by molar-refractivity contribution is 0.186. The standard InChI is InChI=1S/C15H11ClF2N2O/c16-10-2-1-9(7-19)14(5-10)20-8-15(21)12-6-11(17)3-4-13(12)18/h1-6,15,20-21H,8H2. The van der Waals surface area contributed by atoms with Crippen molar-refractivity contribution in [2.45, 2.75) is 6.10 Å². The zero-order valence-corrected chi connectivity index (χ0v) is 11.5. The van der Waals surface area contributed by atoms with Crippen molar-refractivity contribution in [3.63, 3.8) is 0 Å². The van der Waals surface area contributed by atoms with Gasteiger partial charge in [-0.05, 0) is 36.4 Å². The zero-order valence-electron chi connectivity index (χ0n) is 10.8. The van der Waals surface area contributed by atoms with Gasteiger partial charge >= 0.3 is 0 Å². The van der Waals surface area contributed by atoms with Crippen LogP contribution in [-0.2, 0) is 0 Å². The average Bonchev–Trinajstić information content (AvgIpc) is 2.47. The van der Waals surface area contributed by atoms with Gasteiger partial charge in [-0.2, -0.15) is 5.26 Å². The number of anilines is 1. The first kappa shape index (κ1) is 15.2. The van der Waals surface area contributed by atoms with Crippen LogP contribution in [-0.4, -0.2) is 11.7 Å². The van der Waals surface area contributed by atoms with Crippen molar-refractivity contribution in [3.8, 4) is 6.07 Å². The summed E-state index contributed by atoms with van der Waals surface area (Å²) in [5.41, 5.74) is 0.607. The van der Waals surface area contributed by atoms with E-state index < -0.39 is 17.7 Å². The lowest BCUT2D eigenvalue weighted by Gasteiger charge is -2.15. The Morgan fingerprint density at radius 3 is 2.71 bits per heavy atom. The molecule has 0 aliphatic heterocycles. The summed E-state index contributed by atoms with van der Waals surface area (Å²) in [5.74, 6) is -1.33. The van der Waals surface area contributed by atoms with Crippen molar-refractivity contribution >= 4 is 17.3 Å². The van der Waals surface area contributed by atoms with Crippen molar-refractivity contribution in [2.24, 2.45) is 0 Å². The van der Waals surface area contributed by atoms with Crippen LogP contribution in [0.15, 0.2) is 36.4 Å². The van der Waals surface area contributed by atoms with Crippen LogP contribution in [0.2, 0.25) is 5.02 Å². The summed E-state index contributed by atoms with van der Waals surface area (Å²) >= 11 is 5.83. The van der Waals surface area contributed by atoms with Crippen LogP contribution in [0.4, 0.5) is 14.5 Å². The normalized spacial score (nSPS) is 11.8. The predicted octanol–water partition coefficient (Wildman–Crippen LogP) is 3.64. The number of rotatable bonds is 4. The molecule has 0 aliphatic carbocycles. The highest BCUT2D eigenvalue weighted by atomic mass is 35.5. The monoisotopic (exact) mass is 308 g/mol. The van der Waals surface area contributed by atoms with Gasteiger partial charge in [0.05, 0.1) is 17.4 Å². The summed E-state index contributed by atoms with van der Waals surface area (Å²) in [6.07, 6.45) is -1.26. The third kappa shape index (κ3) is 3.69. The molecule has 1 atom stereocenters. The van der Waals surface area contributed by atoms with E-state index in [-0.39, 0.29) is 12.1 Å². The largest absolute Gasteiger partial charge is 0.386 e. The van der Waals surface area contributed by atoms with Gasteiger partial charge in [-0.25, -0.2) is 8.78 Å². The molecule has 0 radical (unpaired) electrons. The number of halogens is 3. The number of benzene rings is 2. The first-order valence-corrected chi connectivity index (χ1v) is 6.45. The molecule has 108 valence electrons. The quantitative estimate of drug-likeness (QED) is 0.906. The number of nitriles is 1. The molecule has 1 unspecified atom stereocenters. The highest BCUT2D eigenvalue weighted by Gasteiger charge is 2.14. The van der Waals surface area contributed by atoms with Gasteiger partial charge in [-0.15, -0.1) is 0 Å². The summed E-state index contributed by atoms with van der Waals surface area (Å²) in [6.45, 7) is -0.0879. The third-order valence-electron chi connectivity index (χ3n) is 2.90. The molecular formula is C15H11ClF2N2O. The van der Waals surface area contributed by atoms with Crippen LogP contribution in [0.3, 0.4) is 0 Å². The molecule has 2 aromatic rings. The molecule has 6 heteroatoms. The molecule has 2 aromatic carbocycles. The van der Waals surface area contributed by atoms with Gasteiger partial charge in [0.15, 0.2) is 0 Å². The number of nitrogens with one attached hydrogen (secondary N) is 1. The summed E-state index contributed by atoms with van der Waals surface area (Å²) < 4.78 is 26.6. The van der Waals surface area contributed by atoms with Gasteiger partial charge in [0, 0.05) is 17.1 Å². The maximum Gasteiger partial charge on any atom is 0.129 e. The van der Waals surface area contributed by atoms with Gasteiger partial charge < -0.3 is 10.4 Å². The number of hydrogen-bond donors (Lipinski definition) is 2. The van der Waals surface area contributed by atoms with Gasteiger partial charge in [0.25, 0.3) is 0 Å². The second-order valence-corrected chi connectivity index (χ2v) is 4.80. The van der Waals surface area contributed by atoms with Gasteiger partial charge in [-0.3, -0.25) is 0 Å². The minimum Gasteiger partial charge on any atom is -0.386 e. The lowest BCUT2D eigenvalue weighted by atomic mass is 10.1. The summed E-state index contributed by atoms with van der Waals surface area (Å²) in [7, 11) is 0. The van der Waals surface area contributed by atoms with Crippen LogP contribution >= 0.6 is 11.6 Å². The molecule has 0 amide bonds. The molecule has 21 heavy (non-hydrogen) atoms. The van der Waals surface area contributed by atoms with E-state index in [2.05, 4.69) is 5.32 Å². The minimum atomic E-state index is -1.26. The Bertz CT molecular complexity index is 701. The van der Waals surface area contributed by atoms with E-state index in [0.29, 0.717) is 16.3 Å². The maximum absolute atomic E-state index is 13.5. The molecule has 0 spiro atoms. The summed E-state index contributed by atoms with van der Waals surface area (Å²) in [6, 6.07) is 9.45.